The largest absolute Gasteiger partial charge is 0.522 e. The van der Waals surface area contributed by atoms with Crippen molar-refractivity contribution >= 4 is 39.7 Å². The molecule has 3 aromatic heterocycles. The SMILES string of the molecule is C#Cc1c(C[C@@H](N)COC(F)(F)F)oc2c(NCc3cccs3)cc(Cl)nc12. The number of hydrogen-bond donors (Lipinski definition) is 2. The quantitative estimate of drug-likeness (QED) is 0.426. The third-order valence-electron chi connectivity index (χ3n) is 3.77. The molecule has 0 saturated carbocycles. The summed E-state index contributed by atoms with van der Waals surface area (Å²) in [6, 6.07) is 4.53. The van der Waals surface area contributed by atoms with Crippen molar-refractivity contribution in [2.45, 2.75) is 25.4 Å². The van der Waals surface area contributed by atoms with Crippen LogP contribution in [0.15, 0.2) is 28.0 Å². The molecule has 0 aliphatic heterocycles. The van der Waals surface area contributed by atoms with Gasteiger partial charge in [-0.25, -0.2) is 4.98 Å². The van der Waals surface area contributed by atoms with Crippen LogP contribution in [0.1, 0.15) is 16.2 Å². The molecule has 10 heteroatoms. The monoisotopic (exact) mass is 429 g/mol. The minimum absolute atomic E-state index is 0.0477. The Balaban J connectivity index is 1.87. The molecule has 0 fully saturated rings. The highest BCUT2D eigenvalue weighted by molar-refractivity contribution is 7.09. The zero-order chi connectivity index (χ0) is 20.3. The number of terminal acetylenes is 1. The van der Waals surface area contributed by atoms with E-state index in [1.807, 2.05) is 17.5 Å². The van der Waals surface area contributed by atoms with Gasteiger partial charge in [-0.1, -0.05) is 23.6 Å². The molecular formula is C18H15ClF3N3O2S. The third kappa shape index (κ3) is 4.97. The third-order valence-corrected chi connectivity index (χ3v) is 4.84. The van der Waals surface area contributed by atoms with Crippen LogP contribution in [0.2, 0.25) is 5.15 Å². The topological polar surface area (TPSA) is 73.3 Å². The summed E-state index contributed by atoms with van der Waals surface area (Å²) in [5.74, 6) is 2.72. The number of alkyl halides is 3. The number of thiophene rings is 1. The second-order valence-electron chi connectivity index (χ2n) is 5.87. The molecule has 3 rings (SSSR count). The van der Waals surface area contributed by atoms with Gasteiger partial charge >= 0.3 is 6.36 Å². The molecule has 28 heavy (non-hydrogen) atoms. The van der Waals surface area contributed by atoms with Crippen molar-refractivity contribution < 1.29 is 22.3 Å². The van der Waals surface area contributed by atoms with Crippen LogP contribution < -0.4 is 11.1 Å². The minimum atomic E-state index is -4.76. The summed E-state index contributed by atoms with van der Waals surface area (Å²) >= 11 is 7.68. The Morgan fingerprint density at radius 1 is 1.46 bits per heavy atom. The molecule has 0 unspecified atom stereocenters. The van der Waals surface area contributed by atoms with Crippen molar-refractivity contribution in [2.75, 3.05) is 11.9 Å². The lowest BCUT2D eigenvalue weighted by Crippen LogP contribution is -2.32. The summed E-state index contributed by atoms with van der Waals surface area (Å²) in [6.07, 6.45) is 0.764. The Labute approximate surface area is 167 Å². The molecule has 0 bridgehead atoms. The highest BCUT2D eigenvalue weighted by Gasteiger charge is 2.30. The Kier molecular flexibility index (Phi) is 6.15. The number of furan rings is 1. The standard InChI is InChI=1S/C18H15ClF3N3O2S/c1-2-12-14(6-10(23)9-26-18(20,21)22)27-17-13(7-15(19)25-16(12)17)24-8-11-4-3-5-28-11/h1,3-5,7,10H,6,8-9,23H2,(H,24,25)/t10-/m1/s1. The Bertz CT molecular complexity index is 996. The molecule has 0 aromatic carbocycles. The molecule has 3 heterocycles. The van der Waals surface area contributed by atoms with Crippen molar-refractivity contribution in [3.05, 3.63) is 44.9 Å². The average Bonchev–Trinajstić information content (AvgIpc) is 3.24. The van der Waals surface area contributed by atoms with E-state index in [0.717, 1.165) is 4.88 Å². The first-order valence-electron chi connectivity index (χ1n) is 8.08. The first kappa shape index (κ1) is 20.5. The summed E-state index contributed by atoms with van der Waals surface area (Å²) in [6.45, 7) is -0.185. The number of anilines is 1. The number of pyridine rings is 1. The molecule has 5 nitrogen and oxygen atoms in total. The van der Waals surface area contributed by atoms with E-state index in [1.54, 1.807) is 17.4 Å². The molecule has 148 valence electrons. The van der Waals surface area contributed by atoms with Gasteiger partial charge in [0.15, 0.2) is 5.58 Å². The van der Waals surface area contributed by atoms with E-state index >= 15 is 0 Å². The van der Waals surface area contributed by atoms with E-state index in [0.29, 0.717) is 28.9 Å². The zero-order valence-electron chi connectivity index (χ0n) is 14.3. The predicted molar refractivity (Wildman–Crippen MR) is 102 cm³/mol. The van der Waals surface area contributed by atoms with Crippen LogP contribution in [0.5, 0.6) is 0 Å². The fourth-order valence-electron chi connectivity index (χ4n) is 2.60. The number of hydrogen-bond acceptors (Lipinski definition) is 6. The molecule has 0 saturated heterocycles. The fraction of sp³-hybridized carbons (Fsp3) is 0.278. The number of aromatic nitrogens is 1. The van der Waals surface area contributed by atoms with Crippen molar-refractivity contribution in [3.8, 4) is 12.3 Å². The van der Waals surface area contributed by atoms with Gasteiger partial charge in [0.25, 0.3) is 0 Å². The molecule has 1 atom stereocenters. The highest BCUT2D eigenvalue weighted by Crippen LogP contribution is 2.33. The second-order valence-corrected chi connectivity index (χ2v) is 7.29. The number of nitrogens with one attached hydrogen (secondary N) is 1. The summed E-state index contributed by atoms with van der Waals surface area (Å²) in [5, 5.41) is 5.37. The van der Waals surface area contributed by atoms with Crippen LogP contribution in [0.3, 0.4) is 0 Å². The highest BCUT2D eigenvalue weighted by atomic mass is 35.5. The fourth-order valence-corrected chi connectivity index (χ4v) is 3.44. The van der Waals surface area contributed by atoms with Crippen molar-refractivity contribution in [1.82, 2.24) is 4.98 Å². The molecule has 0 aliphatic carbocycles. The van der Waals surface area contributed by atoms with Crippen LogP contribution in [0.25, 0.3) is 11.1 Å². The number of fused-ring (bicyclic) bond motifs is 1. The van der Waals surface area contributed by atoms with E-state index in [2.05, 4.69) is 21.0 Å². The van der Waals surface area contributed by atoms with Crippen LogP contribution >= 0.6 is 22.9 Å². The van der Waals surface area contributed by atoms with Gasteiger partial charge in [0, 0.05) is 30.0 Å². The zero-order valence-corrected chi connectivity index (χ0v) is 15.9. The summed E-state index contributed by atoms with van der Waals surface area (Å²) in [4.78, 5) is 5.30. The number of nitrogens with two attached hydrogens (primary N) is 1. The predicted octanol–water partition coefficient (Wildman–Crippen LogP) is 4.54. The van der Waals surface area contributed by atoms with Gasteiger partial charge in [0.2, 0.25) is 0 Å². The molecule has 3 N–H and O–H groups in total. The van der Waals surface area contributed by atoms with E-state index < -0.39 is 19.0 Å². The van der Waals surface area contributed by atoms with Crippen molar-refractivity contribution in [2.24, 2.45) is 5.73 Å². The van der Waals surface area contributed by atoms with E-state index in [9.17, 15) is 13.2 Å². The lowest BCUT2D eigenvalue weighted by Gasteiger charge is -2.12. The minimum Gasteiger partial charge on any atom is -0.456 e. The first-order valence-corrected chi connectivity index (χ1v) is 9.33. The maximum atomic E-state index is 12.2. The van der Waals surface area contributed by atoms with E-state index in [4.69, 9.17) is 28.2 Å². The van der Waals surface area contributed by atoms with Gasteiger partial charge in [-0.05, 0) is 11.4 Å². The summed E-state index contributed by atoms with van der Waals surface area (Å²) in [5.41, 5.74) is 7.33. The summed E-state index contributed by atoms with van der Waals surface area (Å²) in [7, 11) is 0. The number of ether oxygens (including phenoxy) is 1. The molecule has 0 spiro atoms. The van der Waals surface area contributed by atoms with Crippen LogP contribution in [0, 0.1) is 12.3 Å². The lowest BCUT2D eigenvalue weighted by molar-refractivity contribution is -0.325. The number of nitrogens with zero attached hydrogens (tertiary/aromatic N) is 1. The maximum absolute atomic E-state index is 12.2. The number of rotatable bonds is 7. The molecule has 0 aliphatic rings. The first-order chi connectivity index (χ1) is 13.3. The Morgan fingerprint density at radius 3 is 2.89 bits per heavy atom. The molecule has 3 aromatic rings. The van der Waals surface area contributed by atoms with Crippen molar-refractivity contribution in [3.63, 3.8) is 0 Å². The molecule has 0 amide bonds. The van der Waals surface area contributed by atoms with Gasteiger partial charge in [0.1, 0.15) is 16.4 Å². The van der Waals surface area contributed by atoms with Gasteiger partial charge in [-0.2, -0.15) is 0 Å². The molecular weight excluding hydrogens is 415 g/mol. The average molecular weight is 430 g/mol. The lowest BCUT2D eigenvalue weighted by atomic mass is 10.1. The van der Waals surface area contributed by atoms with Gasteiger partial charge in [-0.15, -0.1) is 30.9 Å². The Morgan fingerprint density at radius 2 is 2.25 bits per heavy atom. The van der Waals surface area contributed by atoms with Gasteiger partial charge in [0.05, 0.1) is 17.9 Å². The normalized spacial score (nSPS) is 12.9. The van der Waals surface area contributed by atoms with Gasteiger partial charge in [-0.3, -0.25) is 4.74 Å². The Hall–Kier alpha value is -2.25. The smallest absolute Gasteiger partial charge is 0.456 e. The second kappa shape index (κ2) is 8.41. The number of halogens is 4. The molecule has 0 radical (unpaired) electrons. The maximum Gasteiger partial charge on any atom is 0.522 e. The van der Waals surface area contributed by atoms with Crippen molar-refractivity contribution in [1.29, 1.82) is 0 Å². The van der Waals surface area contributed by atoms with E-state index in [1.165, 1.54) is 0 Å². The van der Waals surface area contributed by atoms with Crippen LogP contribution in [0.4, 0.5) is 18.9 Å². The van der Waals surface area contributed by atoms with Crippen LogP contribution in [-0.4, -0.2) is 24.0 Å². The van der Waals surface area contributed by atoms with E-state index in [-0.39, 0.29) is 17.3 Å². The van der Waals surface area contributed by atoms with Crippen LogP contribution in [-0.2, 0) is 17.7 Å². The van der Waals surface area contributed by atoms with Gasteiger partial charge < -0.3 is 15.5 Å². The summed E-state index contributed by atoms with van der Waals surface area (Å²) < 4.78 is 46.2.